The Morgan fingerprint density at radius 2 is 1.69 bits per heavy atom. The first-order valence-electron chi connectivity index (χ1n) is 9.34. The largest absolute Gasteiger partial charge is 0.490 e. The van der Waals surface area contributed by atoms with Crippen LogP contribution in [0.3, 0.4) is 0 Å². The van der Waals surface area contributed by atoms with Crippen molar-refractivity contribution >= 4 is 11.8 Å². The highest BCUT2D eigenvalue weighted by atomic mass is 19.1. The van der Waals surface area contributed by atoms with Crippen LogP contribution in [0.25, 0.3) is 0 Å². The fraction of sp³-hybridized carbons (Fsp3) is 0.333. The second kappa shape index (κ2) is 9.36. The molecular formula is C21H22F2N2O4. The van der Waals surface area contributed by atoms with Gasteiger partial charge in [0.25, 0.3) is 11.8 Å². The van der Waals surface area contributed by atoms with Crippen molar-refractivity contribution in [2.24, 2.45) is 5.73 Å². The van der Waals surface area contributed by atoms with Gasteiger partial charge in [-0.3, -0.25) is 9.59 Å². The number of ether oxygens (including phenoxy) is 2. The van der Waals surface area contributed by atoms with E-state index in [0.29, 0.717) is 25.7 Å². The number of rotatable bonds is 7. The molecular weight excluding hydrogens is 382 g/mol. The van der Waals surface area contributed by atoms with Gasteiger partial charge in [-0.25, -0.2) is 8.78 Å². The molecule has 0 atom stereocenters. The number of carbonyl (C=O) groups is 2. The number of halogens is 2. The lowest BCUT2D eigenvalue weighted by molar-refractivity contribution is -0.124. The quantitative estimate of drug-likeness (QED) is 0.742. The third-order valence-electron chi connectivity index (χ3n) is 4.69. The van der Waals surface area contributed by atoms with E-state index in [1.165, 1.54) is 6.07 Å². The lowest BCUT2D eigenvalue weighted by atomic mass is 9.93. The van der Waals surface area contributed by atoms with E-state index in [1.54, 1.807) is 18.2 Å². The zero-order chi connectivity index (χ0) is 20.8. The molecule has 3 N–H and O–H groups in total. The molecule has 29 heavy (non-hydrogen) atoms. The number of nitrogens with one attached hydrogen (secondary N) is 1. The van der Waals surface area contributed by atoms with Gasteiger partial charge >= 0.3 is 0 Å². The number of benzene rings is 2. The molecule has 3 rings (SSSR count). The minimum absolute atomic E-state index is 0.0402. The molecule has 2 aromatic rings. The first-order valence-corrected chi connectivity index (χ1v) is 9.34. The average Bonchev–Trinajstić information content (AvgIpc) is 2.67. The van der Waals surface area contributed by atoms with Gasteiger partial charge in [-0.05, 0) is 37.8 Å². The third kappa shape index (κ3) is 5.91. The Kier molecular flexibility index (Phi) is 6.64. The van der Waals surface area contributed by atoms with Crippen LogP contribution in [-0.4, -0.2) is 30.6 Å². The number of hydrogen-bond donors (Lipinski definition) is 2. The molecule has 0 heterocycles. The van der Waals surface area contributed by atoms with Gasteiger partial charge in [-0.1, -0.05) is 12.1 Å². The Morgan fingerprint density at radius 1 is 1.03 bits per heavy atom. The molecule has 8 heteroatoms. The first kappa shape index (κ1) is 20.6. The summed E-state index contributed by atoms with van der Waals surface area (Å²) in [5, 5.41) is 2.88. The first-order chi connectivity index (χ1) is 13.9. The van der Waals surface area contributed by atoms with Crippen LogP contribution in [0.1, 0.15) is 36.0 Å². The molecule has 0 aromatic heterocycles. The van der Waals surface area contributed by atoms with E-state index in [4.69, 9.17) is 15.2 Å². The normalized spacial score (nSPS) is 18.7. The van der Waals surface area contributed by atoms with Gasteiger partial charge in [0.05, 0.1) is 11.7 Å². The van der Waals surface area contributed by atoms with Crippen molar-refractivity contribution in [3.05, 3.63) is 59.7 Å². The Balaban J connectivity index is 1.43. The standard InChI is InChI=1S/C21H22F2N2O4/c22-13-9-14(23)11-17(10-13)29-16-7-5-15(6-8-16)25-20(26)12-28-19-4-2-1-3-18(19)21(24)27/h1-4,9-11,15-16H,5-8,12H2,(H2,24,27)(H,25,26). The van der Waals surface area contributed by atoms with E-state index >= 15 is 0 Å². The summed E-state index contributed by atoms with van der Waals surface area (Å²) in [5.74, 6) is -1.87. The smallest absolute Gasteiger partial charge is 0.258 e. The van der Waals surface area contributed by atoms with Crippen LogP contribution in [0.5, 0.6) is 11.5 Å². The number of nitrogens with two attached hydrogens (primary N) is 1. The summed E-state index contributed by atoms with van der Waals surface area (Å²) in [6.07, 6.45) is 2.48. The fourth-order valence-electron chi connectivity index (χ4n) is 3.32. The van der Waals surface area contributed by atoms with E-state index in [1.807, 2.05) is 0 Å². The molecule has 0 bridgehead atoms. The summed E-state index contributed by atoms with van der Waals surface area (Å²) in [6.45, 7) is -0.233. The molecule has 154 valence electrons. The maximum atomic E-state index is 13.2. The summed E-state index contributed by atoms with van der Waals surface area (Å²) in [4.78, 5) is 23.5. The minimum atomic E-state index is -0.682. The molecule has 1 saturated carbocycles. The molecule has 1 aliphatic carbocycles. The lowest BCUT2D eigenvalue weighted by Gasteiger charge is -2.29. The molecule has 0 aliphatic heterocycles. The maximum Gasteiger partial charge on any atom is 0.258 e. The average molecular weight is 404 g/mol. The molecule has 2 amide bonds. The van der Waals surface area contributed by atoms with Crippen molar-refractivity contribution in [2.45, 2.75) is 37.8 Å². The predicted octanol–water partition coefficient (Wildman–Crippen LogP) is 2.95. The van der Waals surface area contributed by atoms with Crippen molar-refractivity contribution in [3.63, 3.8) is 0 Å². The van der Waals surface area contributed by atoms with Gasteiger partial charge in [-0.2, -0.15) is 0 Å². The summed E-state index contributed by atoms with van der Waals surface area (Å²) in [6, 6.07) is 9.50. The van der Waals surface area contributed by atoms with Crippen molar-refractivity contribution < 1.29 is 27.8 Å². The van der Waals surface area contributed by atoms with Gasteiger partial charge in [-0.15, -0.1) is 0 Å². The van der Waals surface area contributed by atoms with Crippen LogP contribution < -0.4 is 20.5 Å². The number of amides is 2. The van der Waals surface area contributed by atoms with Crippen LogP contribution in [-0.2, 0) is 4.79 Å². The molecule has 2 aromatic carbocycles. The van der Waals surface area contributed by atoms with Gasteiger partial charge in [0, 0.05) is 24.2 Å². The fourth-order valence-corrected chi connectivity index (χ4v) is 3.32. The summed E-state index contributed by atoms with van der Waals surface area (Å²) < 4.78 is 37.6. The highest BCUT2D eigenvalue weighted by molar-refractivity contribution is 5.95. The zero-order valence-corrected chi connectivity index (χ0v) is 15.7. The zero-order valence-electron chi connectivity index (χ0n) is 15.7. The van der Waals surface area contributed by atoms with Crippen LogP contribution in [0, 0.1) is 11.6 Å². The number of primary amides is 1. The van der Waals surface area contributed by atoms with E-state index in [2.05, 4.69) is 5.32 Å². The highest BCUT2D eigenvalue weighted by Crippen LogP contribution is 2.25. The monoisotopic (exact) mass is 404 g/mol. The second-order valence-corrected chi connectivity index (χ2v) is 6.91. The Morgan fingerprint density at radius 3 is 2.34 bits per heavy atom. The summed E-state index contributed by atoms with van der Waals surface area (Å²) in [5.41, 5.74) is 5.50. The van der Waals surface area contributed by atoms with Crippen LogP contribution in [0.2, 0.25) is 0 Å². The minimum Gasteiger partial charge on any atom is -0.490 e. The van der Waals surface area contributed by atoms with E-state index < -0.39 is 17.5 Å². The van der Waals surface area contributed by atoms with E-state index in [-0.39, 0.29) is 41.7 Å². The molecule has 0 radical (unpaired) electrons. The van der Waals surface area contributed by atoms with Gasteiger partial charge < -0.3 is 20.5 Å². The van der Waals surface area contributed by atoms with Gasteiger partial charge in [0.1, 0.15) is 23.1 Å². The third-order valence-corrected chi connectivity index (χ3v) is 4.69. The van der Waals surface area contributed by atoms with Crippen LogP contribution in [0.4, 0.5) is 8.78 Å². The van der Waals surface area contributed by atoms with Gasteiger partial charge in [0.2, 0.25) is 0 Å². The molecule has 1 aliphatic rings. The summed E-state index contributed by atoms with van der Waals surface area (Å²) >= 11 is 0. The number of para-hydroxylation sites is 1. The maximum absolute atomic E-state index is 13.2. The Labute approximate surface area is 167 Å². The van der Waals surface area contributed by atoms with Crippen molar-refractivity contribution in [1.29, 1.82) is 0 Å². The molecule has 0 saturated heterocycles. The predicted molar refractivity (Wildman–Crippen MR) is 102 cm³/mol. The molecule has 1 fully saturated rings. The van der Waals surface area contributed by atoms with Gasteiger partial charge in [0.15, 0.2) is 6.61 Å². The lowest BCUT2D eigenvalue weighted by Crippen LogP contribution is -2.41. The second-order valence-electron chi connectivity index (χ2n) is 6.91. The molecule has 6 nitrogen and oxygen atoms in total. The van der Waals surface area contributed by atoms with Crippen molar-refractivity contribution in [2.75, 3.05) is 6.61 Å². The highest BCUT2D eigenvalue weighted by Gasteiger charge is 2.24. The van der Waals surface area contributed by atoms with E-state index in [0.717, 1.165) is 18.2 Å². The molecule has 0 unspecified atom stereocenters. The topological polar surface area (TPSA) is 90.7 Å². The van der Waals surface area contributed by atoms with Crippen LogP contribution in [0.15, 0.2) is 42.5 Å². The Bertz CT molecular complexity index is 862. The molecule has 0 spiro atoms. The number of carbonyl (C=O) groups excluding carboxylic acids is 2. The van der Waals surface area contributed by atoms with Crippen molar-refractivity contribution in [3.8, 4) is 11.5 Å². The van der Waals surface area contributed by atoms with Crippen molar-refractivity contribution in [1.82, 2.24) is 5.32 Å². The Hall–Kier alpha value is -3.16. The summed E-state index contributed by atoms with van der Waals surface area (Å²) in [7, 11) is 0. The van der Waals surface area contributed by atoms with Crippen LogP contribution >= 0.6 is 0 Å². The number of hydrogen-bond acceptors (Lipinski definition) is 4. The SMILES string of the molecule is NC(=O)c1ccccc1OCC(=O)NC1CCC(Oc2cc(F)cc(F)c2)CC1. The van der Waals surface area contributed by atoms with E-state index in [9.17, 15) is 18.4 Å².